The summed E-state index contributed by atoms with van der Waals surface area (Å²) < 4.78 is 6.09. The number of rotatable bonds is 8. The fourth-order valence-electron chi connectivity index (χ4n) is 4.10. The van der Waals surface area contributed by atoms with Crippen LogP contribution in [0.3, 0.4) is 0 Å². The van der Waals surface area contributed by atoms with Crippen molar-refractivity contribution in [3.63, 3.8) is 0 Å². The second-order valence-electron chi connectivity index (χ2n) is 8.36. The molecule has 168 valence electrons. The molecule has 3 aromatic carbocycles. The highest BCUT2D eigenvalue weighted by atomic mass is 16.5. The maximum absolute atomic E-state index is 12.5. The summed E-state index contributed by atoms with van der Waals surface area (Å²) in [5.41, 5.74) is 4.19. The molecule has 1 heterocycles. The third kappa shape index (κ3) is 6.21. The molecule has 33 heavy (non-hydrogen) atoms. The van der Waals surface area contributed by atoms with Crippen LogP contribution in [0.2, 0.25) is 0 Å². The standard InChI is InChI=1S/C28H29N3O2/c29-19-24(31-28(32)26-11-6-7-17-30-26)18-21-13-15-23(16-14-21)25-10-4-5-12-27(25)33-20-22-8-2-1-3-9-22/h1-5,8-10,12-16,24,26,30H,6-7,11,17-18,20H2,(H,31,32)/t24-,26-/m0/s1. The summed E-state index contributed by atoms with van der Waals surface area (Å²) in [4.78, 5) is 12.5. The van der Waals surface area contributed by atoms with Crippen molar-refractivity contribution in [3.05, 3.63) is 90.0 Å². The second kappa shape index (κ2) is 11.3. The first-order valence-corrected chi connectivity index (χ1v) is 11.5. The van der Waals surface area contributed by atoms with Crippen molar-refractivity contribution in [2.24, 2.45) is 0 Å². The van der Waals surface area contributed by atoms with E-state index in [0.717, 1.165) is 53.8 Å². The van der Waals surface area contributed by atoms with Crippen LogP contribution >= 0.6 is 0 Å². The quantitative estimate of drug-likeness (QED) is 0.537. The van der Waals surface area contributed by atoms with Crippen molar-refractivity contribution in [1.82, 2.24) is 10.6 Å². The van der Waals surface area contributed by atoms with Gasteiger partial charge in [0.2, 0.25) is 5.91 Å². The first kappa shape index (κ1) is 22.6. The Morgan fingerprint density at radius 3 is 2.48 bits per heavy atom. The Hall–Kier alpha value is -3.62. The summed E-state index contributed by atoms with van der Waals surface area (Å²) in [6.45, 7) is 1.36. The molecular formula is C28H29N3O2. The van der Waals surface area contributed by atoms with E-state index in [-0.39, 0.29) is 11.9 Å². The van der Waals surface area contributed by atoms with Crippen LogP contribution in [0.5, 0.6) is 5.75 Å². The van der Waals surface area contributed by atoms with Gasteiger partial charge in [0.15, 0.2) is 0 Å². The minimum Gasteiger partial charge on any atom is -0.488 e. The molecule has 1 aliphatic rings. The number of hydrogen-bond donors (Lipinski definition) is 2. The fraction of sp³-hybridized carbons (Fsp3) is 0.286. The van der Waals surface area contributed by atoms with Gasteiger partial charge in [-0.05, 0) is 42.1 Å². The molecule has 1 fully saturated rings. The molecule has 0 bridgehead atoms. The highest BCUT2D eigenvalue weighted by Crippen LogP contribution is 2.30. The third-order valence-electron chi connectivity index (χ3n) is 5.93. The summed E-state index contributed by atoms with van der Waals surface area (Å²) in [5, 5.41) is 15.7. The number of benzene rings is 3. The molecule has 1 amide bonds. The van der Waals surface area contributed by atoms with Crippen LogP contribution < -0.4 is 15.4 Å². The van der Waals surface area contributed by atoms with E-state index in [1.54, 1.807) is 0 Å². The fourth-order valence-corrected chi connectivity index (χ4v) is 4.10. The average molecular weight is 440 g/mol. The number of piperidine rings is 1. The minimum atomic E-state index is -0.548. The van der Waals surface area contributed by atoms with Crippen molar-refractivity contribution in [1.29, 1.82) is 5.26 Å². The van der Waals surface area contributed by atoms with Crippen molar-refractivity contribution in [2.75, 3.05) is 6.54 Å². The number of ether oxygens (including phenoxy) is 1. The summed E-state index contributed by atoms with van der Waals surface area (Å²) >= 11 is 0. The van der Waals surface area contributed by atoms with E-state index in [1.165, 1.54) is 0 Å². The third-order valence-corrected chi connectivity index (χ3v) is 5.93. The SMILES string of the molecule is N#C[C@H](Cc1ccc(-c2ccccc2OCc2ccccc2)cc1)NC(=O)[C@@H]1CCCCN1. The minimum absolute atomic E-state index is 0.0811. The van der Waals surface area contributed by atoms with Gasteiger partial charge in [-0.1, -0.05) is 79.2 Å². The van der Waals surface area contributed by atoms with Crippen LogP contribution in [0.4, 0.5) is 0 Å². The molecule has 1 aliphatic heterocycles. The van der Waals surface area contributed by atoms with E-state index in [4.69, 9.17) is 4.74 Å². The van der Waals surface area contributed by atoms with E-state index in [0.29, 0.717) is 13.0 Å². The number of amides is 1. The van der Waals surface area contributed by atoms with Crippen molar-refractivity contribution >= 4 is 5.91 Å². The zero-order valence-electron chi connectivity index (χ0n) is 18.7. The van der Waals surface area contributed by atoms with E-state index in [2.05, 4.69) is 16.7 Å². The largest absolute Gasteiger partial charge is 0.488 e. The van der Waals surface area contributed by atoms with Gasteiger partial charge in [-0.2, -0.15) is 5.26 Å². The molecule has 0 aliphatic carbocycles. The molecule has 0 radical (unpaired) electrons. The topological polar surface area (TPSA) is 74.1 Å². The highest BCUT2D eigenvalue weighted by molar-refractivity contribution is 5.82. The molecule has 2 atom stereocenters. The molecule has 0 aromatic heterocycles. The lowest BCUT2D eigenvalue weighted by atomic mass is 9.99. The lowest BCUT2D eigenvalue weighted by Gasteiger charge is -2.23. The Bertz CT molecular complexity index is 1080. The zero-order chi connectivity index (χ0) is 22.9. The number of para-hydroxylation sites is 1. The number of nitriles is 1. The Morgan fingerprint density at radius 2 is 1.76 bits per heavy atom. The highest BCUT2D eigenvalue weighted by Gasteiger charge is 2.23. The zero-order valence-corrected chi connectivity index (χ0v) is 18.7. The first-order valence-electron chi connectivity index (χ1n) is 11.5. The van der Waals surface area contributed by atoms with Crippen LogP contribution in [-0.2, 0) is 17.8 Å². The summed E-state index contributed by atoms with van der Waals surface area (Å²) in [6.07, 6.45) is 3.43. The summed E-state index contributed by atoms with van der Waals surface area (Å²) in [7, 11) is 0. The average Bonchev–Trinajstić information content (AvgIpc) is 2.89. The van der Waals surface area contributed by atoms with Crippen molar-refractivity contribution in [2.45, 2.75) is 44.4 Å². The normalized spacial score (nSPS) is 16.4. The van der Waals surface area contributed by atoms with Gasteiger partial charge in [0, 0.05) is 12.0 Å². The van der Waals surface area contributed by atoms with Gasteiger partial charge in [0.25, 0.3) is 0 Å². The molecule has 4 rings (SSSR count). The Labute approximate surface area is 195 Å². The van der Waals surface area contributed by atoms with Crippen LogP contribution in [0.25, 0.3) is 11.1 Å². The number of carbonyl (C=O) groups is 1. The van der Waals surface area contributed by atoms with Gasteiger partial charge in [-0.25, -0.2) is 0 Å². The molecule has 0 spiro atoms. The first-order chi connectivity index (χ1) is 16.2. The van der Waals surface area contributed by atoms with Crippen LogP contribution in [0, 0.1) is 11.3 Å². The molecule has 2 N–H and O–H groups in total. The number of nitrogens with zero attached hydrogens (tertiary/aromatic N) is 1. The lowest BCUT2D eigenvalue weighted by Crippen LogP contribution is -2.49. The predicted molar refractivity (Wildman–Crippen MR) is 130 cm³/mol. The van der Waals surface area contributed by atoms with E-state index in [1.807, 2.05) is 78.9 Å². The van der Waals surface area contributed by atoms with Crippen LogP contribution in [0.1, 0.15) is 30.4 Å². The van der Waals surface area contributed by atoms with Crippen molar-refractivity contribution in [3.8, 4) is 22.9 Å². The lowest BCUT2D eigenvalue weighted by molar-refractivity contribution is -0.124. The van der Waals surface area contributed by atoms with Gasteiger partial charge in [-0.3, -0.25) is 4.79 Å². The van der Waals surface area contributed by atoms with E-state index < -0.39 is 6.04 Å². The van der Waals surface area contributed by atoms with Gasteiger partial charge in [-0.15, -0.1) is 0 Å². The van der Waals surface area contributed by atoms with E-state index >= 15 is 0 Å². The van der Waals surface area contributed by atoms with Gasteiger partial charge in [0.05, 0.1) is 12.1 Å². The number of carbonyl (C=O) groups excluding carboxylic acids is 1. The van der Waals surface area contributed by atoms with Crippen LogP contribution in [0.15, 0.2) is 78.9 Å². The maximum Gasteiger partial charge on any atom is 0.238 e. The Kier molecular flexibility index (Phi) is 7.73. The summed E-state index contributed by atoms with van der Waals surface area (Å²) in [6, 6.07) is 27.7. The van der Waals surface area contributed by atoms with E-state index in [9.17, 15) is 10.1 Å². The predicted octanol–water partition coefficient (Wildman–Crippen LogP) is 4.63. The smallest absolute Gasteiger partial charge is 0.238 e. The molecule has 3 aromatic rings. The Morgan fingerprint density at radius 1 is 1.00 bits per heavy atom. The summed E-state index contributed by atoms with van der Waals surface area (Å²) in [5.74, 6) is 0.749. The van der Waals surface area contributed by atoms with Gasteiger partial charge < -0.3 is 15.4 Å². The number of hydrogen-bond acceptors (Lipinski definition) is 4. The monoisotopic (exact) mass is 439 g/mol. The van der Waals surface area contributed by atoms with Gasteiger partial charge >= 0.3 is 0 Å². The molecule has 0 saturated carbocycles. The van der Waals surface area contributed by atoms with Gasteiger partial charge in [0.1, 0.15) is 18.4 Å². The Balaban J connectivity index is 1.39. The molecular weight excluding hydrogens is 410 g/mol. The number of nitrogens with one attached hydrogen (secondary N) is 2. The maximum atomic E-state index is 12.5. The van der Waals surface area contributed by atoms with Crippen LogP contribution in [-0.4, -0.2) is 24.5 Å². The van der Waals surface area contributed by atoms with Crippen molar-refractivity contribution < 1.29 is 9.53 Å². The molecule has 5 nitrogen and oxygen atoms in total. The second-order valence-corrected chi connectivity index (χ2v) is 8.36. The molecule has 5 heteroatoms. The molecule has 0 unspecified atom stereocenters. The molecule has 1 saturated heterocycles.